The number of carbonyl (C=O) groups excluding carboxylic acids is 2. The van der Waals surface area contributed by atoms with Gasteiger partial charge in [0.2, 0.25) is 5.91 Å². The number of thioether (sulfide) groups is 1. The van der Waals surface area contributed by atoms with Crippen LogP contribution in [0.1, 0.15) is 5.56 Å². The largest absolute Gasteiger partial charge is 0.484 e. The summed E-state index contributed by atoms with van der Waals surface area (Å²) in [5.74, 6) is 0.126. The van der Waals surface area contributed by atoms with Crippen LogP contribution in [0.4, 0.5) is 5.69 Å². The van der Waals surface area contributed by atoms with Crippen LogP contribution in [0.15, 0.2) is 53.4 Å². The normalized spacial score (nSPS) is 10.2. The molecule has 0 atom stereocenters. The Morgan fingerprint density at radius 2 is 1.72 bits per heavy atom. The van der Waals surface area contributed by atoms with Gasteiger partial charge in [0, 0.05) is 17.6 Å². The average molecular weight is 358 g/mol. The smallest absolute Gasteiger partial charge is 0.260 e. The van der Waals surface area contributed by atoms with Gasteiger partial charge >= 0.3 is 0 Å². The average Bonchev–Trinajstić information content (AvgIpc) is 2.62. The predicted octanol–water partition coefficient (Wildman–Crippen LogP) is 3.19. The highest BCUT2D eigenvalue weighted by atomic mass is 32.2. The van der Waals surface area contributed by atoms with Crippen molar-refractivity contribution >= 4 is 29.3 Å². The lowest BCUT2D eigenvalue weighted by Gasteiger charge is -2.17. The molecule has 0 saturated carbocycles. The van der Waals surface area contributed by atoms with Gasteiger partial charge in [-0.2, -0.15) is 0 Å². The minimum Gasteiger partial charge on any atom is -0.484 e. The molecule has 25 heavy (non-hydrogen) atoms. The Morgan fingerprint density at radius 1 is 1.08 bits per heavy atom. The molecule has 5 nitrogen and oxygen atoms in total. The first kappa shape index (κ1) is 18.9. The number of hydrogen-bond acceptors (Lipinski definition) is 4. The van der Waals surface area contributed by atoms with Crippen molar-refractivity contribution in [3.63, 3.8) is 0 Å². The van der Waals surface area contributed by atoms with E-state index < -0.39 is 0 Å². The topological polar surface area (TPSA) is 58.6 Å². The lowest BCUT2D eigenvalue weighted by molar-refractivity contribution is -0.135. The number of hydrogen-bond donors (Lipinski definition) is 1. The van der Waals surface area contributed by atoms with Gasteiger partial charge in [-0.1, -0.05) is 17.7 Å². The number of rotatable bonds is 7. The number of carbonyl (C=O) groups is 2. The highest BCUT2D eigenvalue weighted by molar-refractivity contribution is 7.98. The zero-order chi connectivity index (χ0) is 18.2. The predicted molar refractivity (Wildman–Crippen MR) is 101 cm³/mol. The van der Waals surface area contributed by atoms with Gasteiger partial charge in [0.15, 0.2) is 6.61 Å². The third-order valence-corrected chi connectivity index (χ3v) is 4.31. The van der Waals surface area contributed by atoms with E-state index in [1.54, 1.807) is 18.8 Å². The van der Waals surface area contributed by atoms with Crippen molar-refractivity contribution < 1.29 is 14.3 Å². The molecule has 2 amide bonds. The zero-order valence-electron chi connectivity index (χ0n) is 14.6. The molecule has 0 fully saturated rings. The van der Waals surface area contributed by atoms with Crippen LogP contribution in [-0.4, -0.2) is 43.2 Å². The molecule has 2 aromatic carbocycles. The number of amides is 2. The van der Waals surface area contributed by atoms with Crippen LogP contribution in [0.2, 0.25) is 0 Å². The Kier molecular flexibility index (Phi) is 6.89. The van der Waals surface area contributed by atoms with Crippen molar-refractivity contribution in [3.8, 4) is 5.75 Å². The summed E-state index contributed by atoms with van der Waals surface area (Å²) in [6, 6.07) is 15.0. The molecule has 2 aromatic rings. The Labute approximate surface area is 152 Å². The van der Waals surface area contributed by atoms with Crippen LogP contribution in [0, 0.1) is 6.92 Å². The van der Waals surface area contributed by atoms with Gasteiger partial charge in [-0.25, -0.2) is 0 Å². The highest BCUT2D eigenvalue weighted by Gasteiger charge is 2.13. The molecule has 0 bridgehead atoms. The number of aryl methyl sites for hydroxylation is 1. The summed E-state index contributed by atoms with van der Waals surface area (Å²) >= 11 is 1.64. The van der Waals surface area contributed by atoms with E-state index in [2.05, 4.69) is 5.32 Å². The van der Waals surface area contributed by atoms with Crippen LogP contribution in [0.25, 0.3) is 0 Å². The van der Waals surface area contributed by atoms with Gasteiger partial charge < -0.3 is 15.0 Å². The number of nitrogens with one attached hydrogen (secondary N) is 1. The monoisotopic (exact) mass is 358 g/mol. The second-order valence-electron chi connectivity index (χ2n) is 5.63. The fourth-order valence-electron chi connectivity index (χ4n) is 2.07. The van der Waals surface area contributed by atoms with Gasteiger partial charge in [0.1, 0.15) is 5.75 Å². The van der Waals surface area contributed by atoms with Gasteiger partial charge in [-0.15, -0.1) is 11.8 Å². The van der Waals surface area contributed by atoms with Gasteiger partial charge in [-0.05, 0) is 49.6 Å². The van der Waals surface area contributed by atoms with Crippen molar-refractivity contribution in [2.45, 2.75) is 11.8 Å². The summed E-state index contributed by atoms with van der Waals surface area (Å²) in [4.78, 5) is 26.6. The molecule has 0 aromatic heterocycles. The van der Waals surface area contributed by atoms with Crippen LogP contribution in [0.5, 0.6) is 5.75 Å². The summed E-state index contributed by atoms with van der Waals surface area (Å²) in [6.07, 6.45) is 2.00. The molecule has 0 aliphatic carbocycles. The first-order chi connectivity index (χ1) is 12.0. The van der Waals surface area contributed by atoms with E-state index in [1.165, 1.54) is 4.90 Å². The number of likely N-dealkylation sites (N-methyl/N-ethyl adjacent to an activating group) is 1. The number of ether oxygens (including phenoxy) is 1. The third-order valence-electron chi connectivity index (χ3n) is 3.56. The molecule has 0 heterocycles. The van der Waals surface area contributed by atoms with Crippen molar-refractivity contribution in [3.05, 3.63) is 54.1 Å². The van der Waals surface area contributed by atoms with Crippen LogP contribution in [0.3, 0.4) is 0 Å². The molecule has 132 valence electrons. The first-order valence-electron chi connectivity index (χ1n) is 7.85. The summed E-state index contributed by atoms with van der Waals surface area (Å²) in [5.41, 5.74) is 1.83. The van der Waals surface area contributed by atoms with Crippen LogP contribution >= 0.6 is 11.8 Å². The lowest BCUT2D eigenvalue weighted by atomic mass is 10.2. The van der Waals surface area contributed by atoms with E-state index in [1.807, 2.05) is 61.7 Å². The number of nitrogens with zero attached hydrogens (tertiary/aromatic N) is 1. The minimum atomic E-state index is -0.256. The minimum absolute atomic E-state index is 0.0263. The van der Waals surface area contributed by atoms with Gasteiger partial charge in [-0.3, -0.25) is 9.59 Å². The van der Waals surface area contributed by atoms with Crippen molar-refractivity contribution in [2.75, 3.05) is 31.8 Å². The Morgan fingerprint density at radius 3 is 2.32 bits per heavy atom. The summed E-state index contributed by atoms with van der Waals surface area (Å²) in [5, 5.41) is 2.77. The highest BCUT2D eigenvalue weighted by Crippen LogP contribution is 2.18. The molecule has 0 radical (unpaired) electrons. The standard InChI is InChI=1S/C19H22N2O3S/c1-14-4-6-15(7-5-14)20-18(22)12-21(2)19(23)13-24-16-8-10-17(25-3)11-9-16/h4-11H,12-13H2,1-3H3,(H,20,22). The third kappa shape index (κ3) is 6.15. The van der Waals surface area contributed by atoms with E-state index in [4.69, 9.17) is 4.74 Å². The molecule has 0 aliphatic rings. The van der Waals surface area contributed by atoms with Gasteiger partial charge in [0.25, 0.3) is 5.91 Å². The lowest BCUT2D eigenvalue weighted by Crippen LogP contribution is -2.37. The SMILES string of the molecule is CSc1ccc(OCC(=O)N(C)CC(=O)Nc2ccc(C)cc2)cc1. The maximum atomic E-state index is 12.1. The number of benzene rings is 2. The Balaban J connectivity index is 1.78. The van der Waals surface area contributed by atoms with Crippen LogP contribution in [-0.2, 0) is 9.59 Å². The number of anilines is 1. The van der Waals surface area contributed by atoms with E-state index in [-0.39, 0.29) is 25.0 Å². The van der Waals surface area contributed by atoms with E-state index >= 15 is 0 Å². The molecule has 0 unspecified atom stereocenters. The van der Waals surface area contributed by atoms with Crippen molar-refractivity contribution in [1.82, 2.24) is 4.90 Å². The van der Waals surface area contributed by atoms with E-state index in [9.17, 15) is 9.59 Å². The van der Waals surface area contributed by atoms with E-state index in [0.29, 0.717) is 11.4 Å². The molecule has 0 spiro atoms. The maximum absolute atomic E-state index is 12.1. The van der Waals surface area contributed by atoms with E-state index in [0.717, 1.165) is 10.5 Å². The molecule has 6 heteroatoms. The quantitative estimate of drug-likeness (QED) is 0.772. The molecular formula is C19H22N2O3S. The molecular weight excluding hydrogens is 336 g/mol. The zero-order valence-corrected chi connectivity index (χ0v) is 15.4. The van der Waals surface area contributed by atoms with Crippen molar-refractivity contribution in [1.29, 1.82) is 0 Å². The summed E-state index contributed by atoms with van der Waals surface area (Å²) in [7, 11) is 1.58. The fourth-order valence-corrected chi connectivity index (χ4v) is 2.48. The maximum Gasteiger partial charge on any atom is 0.260 e. The second kappa shape index (κ2) is 9.13. The molecule has 1 N–H and O–H groups in total. The molecule has 0 saturated heterocycles. The Bertz CT molecular complexity index is 714. The Hall–Kier alpha value is -2.47. The second-order valence-corrected chi connectivity index (χ2v) is 6.51. The molecule has 2 rings (SSSR count). The fraction of sp³-hybridized carbons (Fsp3) is 0.263. The first-order valence-corrected chi connectivity index (χ1v) is 9.08. The summed E-state index contributed by atoms with van der Waals surface area (Å²) in [6.45, 7) is 1.85. The van der Waals surface area contributed by atoms with Crippen molar-refractivity contribution in [2.24, 2.45) is 0 Å². The molecule has 0 aliphatic heterocycles. The summed E-state index contributed by atoms with van der Waals surface area (Å²) < 4.78 is 5.47. The van der Waals surface area contributed by atoms with Crippen LogP contribution < -0.4 is 10.1 Å². The van der Waals surface area contributed by atoms with Gasteiger partial charge in [0.05, 0.1) is 6.54 Å².